The standard InChI is InChI=1S/C16H15Cl2F3N4/c17-9-5-10(18)7-12(6-9)22-14-8-13(16(19,20)21)24-15(25-14)23-11-3-1-2-4-11/h5-8,11H,1-4H2,(H2,22,23,24,25). The fourth-order valence-electron chi connectivity index (χ4n) is 2.75. The van der Waals surface area contributed by atoms with Crippen molar-refractivity contribution in [3.05, 3.63) is 40.0 Å². The number of aromatic nitrogens is 2. The zero-order valence-corrected chi connectivity index (χ0v) is 14.5. The lowest BCUT2D eigenvalue weighted by molar-refractivity contribution is -0.141. The zero-order valence-electron chi connectivity index (χ0n) is 13.0. The average molecular weight is 391 g/mol. The van der Waals surface area contributed by atoms with Crippen molar-refractivity contribution < 1.29 is 13.2 Å². The van der Waals surface area contributed by atoms with E-state index >= 15 is 0 Å². The first-order valence-corrected chi connectivity index (χ1v) is 8.51. The maximum absolute atomic E-state index is 13.1. The van der Waals surface area contributed by atoms with Crippen LogP contribution >= 0.6 is 23.2 Å². The highest BCUT2D eigenvalue weighted by atomic mass is 35.5. The first-order valence-electron chi connectivity index (χ1n) is 7.75. The van der Waals surface area contributed by atoms with Crippen molar-refractivity contribution in [3.63, 3.8) is 0 Å². The van der Waals surface area contributed by atoms with Gasteiger partial charge in [-0.3, -0.25) is 0 Å². The number of anilines is 3. The Hall–Kier alpha value is -1.73. The van der Waals surface area contributed by atoms with E-state index in [0.717, 1.165) is 31.7 Å². The van der Waals surface area contributed by atoms with Gasteiger partial charge in [0.2, 0.25) is 5.95 Å². The smallest absolute Gasteiger partial charge is 0.351 e. The molecule has 9 heteroatoms. The number of halogens is 5. The van der Waals surface area contributed by atoms with Gasteiger partial charge >= 0.3 is 6.18 Å². The number of nitrogens with one attached hydrogen (secondary N) is 2. The number of hydrogen-bond acceptors (Lipinski definition) is 4. The van der Waals surface area contributed by atoms with Gasteiger partial charge in [0.15, 0.2) is 5.69 Å². The maximum Gasteiger partial charge on any atom is 0.433 e. The summed E-state index contributed by atoms with van der Waals surface area (Å²) in [6, 6.07) is 5.58. The lowest BCUT2D eigenvalue weighted by Crippen LogP contribution is -2.19. The third-order valence-electron chi connectivity index (χ3n) is 3.84. The first kappa shape index (κ1) is 18.1. The van der Waals surface area contributed by atoms with Crippen molar-refractivity contribution in [2.45, 2.75) is 37.9 Å². The van der Waals surface area contributed by atoms with Crippen LogP contribution in [0.25, 0.3) is 0 Å². The van der Waals surface area contributed by atoms with E-state index < -0.39 is 11.9 Å². The molecule has 1 aliphatic carbocycles. The van der Waals surface area contributed by atoms with E-state index in [1.54, 1.807) is 12.1 Å². The molecule has 1 fully saturated rings. The third kappa shape index (κ3) is 4.89. The van der Waals surface area contributed by atoms with E-state index in [1.165, 1.54) is 6.07 Å². The molecule has 1 heterocycles. The SMILES string of the molecule is FC(F)(F)c1cc(Nc2cc(Cl)cc(Cl)c2)nc(NC2CCCC2)n1. The summed E-state index contributed by atoms with van der Waals surface area (Å²) >= 11 is 11.8. The molecule has 2 aromatic rings. The normalized spacial score (nSPS) is 15.4. The van der Waals surface area contributed by atoms with E-state index in [1.807, 2.05) is 0 Å². The van der Waals surface area contributed by atoms with Crippen LogP contribution in [0.3, 0.4) is 0 Å². The second-order valence-corrected chi connectivity index (χ2v) is 6.74. The fourth-order valence-corrected chi connectivity index (χ4v) is 3.27. The van der Waals surface area contributed by atoms with E-state index in [4.69, 9.17) is 23.2 Å². The molecule has 0 unspecified atom stereocenters. The minimum atomic E-state index is -4.57. The van der Waals surface area contributed by atoms with E-state index in [9.17, 15) is 13.2 Å². The van der Waals surface area contributed by atoms with Crippen molar-refractivity contribution in [3.8, 4) is 0 Å². The second kappa shape index (κ2) is 7.25. The van der Waals surface area contributed by atoms with Crippen molar-refractivity contribution >= 4 is 40.7 Å². The average Bonchev–Trinajstić information content (AvgIpc) is 2.97. The Balaban J connectivity index is 1.90. The third-order valence-corrected chi connectivity index (χ3v) is 4.28. The van der Waals surface area contributed by atoms with Crippen molar-refractivity contribution in [2.24, 2.45) is 0 Å². The van der Waals surface area contributed by atoms with Gasteiger partial charge in [-0.05, 0) is 31.0 Å². The number of hydrogen-bond donors (Lipinski definition) is 2. The van der Waals surface area contributed by atoms with Gasteiger partial charge in [0.05, 0.1) is 0 Å². The minimum absolute atomic E-state index is 0.0150. The summed E-state index contributed by atoms with van der Waals surface area (Å²) in [4.78, 5) is 7.75. The molecule has 3 rings (SSSR count). The van der Waals surface area contributed by atoms with Gasteiger partial charge < -0.3 is 10.6 Å². The van der Waals surface area contributed by atoms with Gasteiger partial charge in [-0.25, -0.2) is 4.98 Å². The Morgan fingerprint density at radius 2 is 1.60 bits per heavy atom. The molecule has 4 nitrogen and oxygen atoms in total. The predicted molar refractivity (Wildman–Crippen MR) is 92.7 cm³/mol. The molecule has 0 amide bonds. The molecule has 0 atom stereocenters. The van der Waals surface area contributed by atoms with Gasteiger partial charge in [0.25, 0.3) is 0 Å². The molecule has 1 saturated carbocycles. The molecule has 1 aromatic heterocycles. The molecule has 0 spiro atoms. The molecule has 0 bridgehead atoms. The Morgan fingerprint density at radius 3 is 2.20 bits per heavy atom. The van der Waals surface area contributed by atoms with Gasteiger partial charge in [0, 0.05) is 27.8 Å². The molecule has 134 valence electrons. The van der Waals surface area contributed by atoms with Crippen LogP contribution in [-0.4, -0.2) is 16.0 Å². The van der Waals surface area contributed by atoms with E-state index in [2.05, 4.69) is 20.6 Å². The molecule has 0 radical (unpaired) electrons. The zero-order chi connectivity index (χ0) is 18.0. The predicted octanol–water partition coefficient (Wildman–Crippen LogP) is 5.90. The van der Waals surface area contributed by atoms with Crippen LogP contribution in [0.15, 0.2) is 24.3 Å². The summed E-state index contributed by atoms with van der Waals surface area (Å²) in [5.74, 6) is -0.0292. The van der Waals surface area contributed by atoms with Gasteiger partial charge in [-0.15, -0.1) is 0 Å². The number of benzene rings is 1. The van der Waals surface area contributed by atoms with Crippen molar-refractivity contribution in [2.75, 3.05) is 10.6 Å². The monoisotopic (exact) mass is 390 g/mol. The topological polar surface area (TPSA) is 49.8 Å². The Morgan fingerprint density at radius 1 is 0.960 bits per heavy atom. The van der Waals surface area contributed by atoms with Crippen LogP contribution in [0.5, 0.6) is 0 Å². The minimum Gasteiger partial charge on any atom is -0.351 e. The van der Waals surface area contributed by atoms with Crippen LogP contribution in [0.2, 0.25) is 10.0 Å². The molecule has 2 N–H and O–H groups in total. The summed E-state index contributed by atoms with van der Waals surface area (Å²) in [5, 5.41) is 6.52. The number of nitrogens with zero attached hydrogens (tertiary/aromatic N) is 2. The summed E-state index contributed by atoms with van der Waals surface area (Å²) in [7, 11) is 0. The first-order chi connectivity index (χ1) is 11.8. The molecule has 1 aliphatic rings. The van der Waals surface area contributed by atoms with Gasteiger partial charge in [-0.1, -0.05) is 36.0 Å². The van der Waals surface area contributed by atoms with Gasteiger partial charge in [0.1, 0.15) is 5.82 Å². The Bertz CT molecular complexity index is 741. The lowest BCUT2D eigenvalue weighted by Gasteiger charge is -2.16. The summed E-state index contributed by atoms with van der Waals surface area (Å²) < 4.78 is 39.4. The summed E-state index contributed by atoms with van der Waals surface area (Å²) in [6.45, 7) is 0. The highest BCUT2D eigenvalue weighted by Gasteiger charge is 2.34. The quantitative estimate of drug-likeness (QED) is 0.681. The lowest BCUT2D eigenvalue weighted by atomic mass is 10.2. The second-order valence-electron chi connectivity index (χ2n) is 5.87. The Labute approximate surface area is 152 Å². The van der Waals surface area contributed by atoms with Gasteiger partial charge in [-0.2, -0.15) is 18.2 Å². The van der Waals surface area contributed by atoms with Crippen LogP contribution in [0, 0.1) is 0 Å². The summed E-state index contributed by atoms with van der Waals surface area (Å²) in [6.07, 6.45) is -0.693. The molecule has 0 aliphatic heterocycles. The number of rotatable bonds is 4. The molecular formula is C16H15Cl2F3N4. The maximum atomic E-state index is 13.1. The molecule has 0 saturated heterocycles. The van der Waals surface area contributed by atoms with Crippen LogP contribution < -0.4 is 10.6 Å². The van der Waals surface area contributed by atoms with Crippen LogP contribution in [0.4, 0.5) is 30.6 Å². The van der Waals surface area contributed by atoms with E-state index in [0.29, 0.717) is 15.7 Å². The molecule has 25 heavy (non-hydrogen) atoms. The fraction of sp³-hybridized carbons (Fsp3) is 0.375. The van der Waals surface area contributed by atoms with Crippen LogP contribution in [0.1, 0.15) is 31.4 Å². The van der Waals surface area contributed by atoms with Crippen LogP contribution in [-0.2, 0) is 6.18 Å². The van der Waals surface area contributed by atoms with E-state index in [-0.39, 0.29) is 17.8 Å². The largest absolute Gasteiger partial charge is 0.433 e. The molecule has 1 aromatic carbocycles. The highest BCUT2D eigenvalue weighted by molar-refractivity contribution is 6.35. The highest BCUT2D eigenvalue weighted by Crippen LogP contribution is 2.32. The number of alkyl halides is 3. The molecular weight excluding hydrogens is 376 g/mol. The van der Waals surface area contributed by atoms with Crippen molar-refractivity contribution in [1.29, 1.82) is 0 Å². The Kier molecular flexibility index (Phi) is 5.24. The summed E-state index contributed by atoms with van der Waals surface area (Å²) in [5.41, 5.74) is -0.574. The van der Waals surface area contributed by atoms with Crippen molar-refractivity contribution in [1.82, 2.24) is 9.97 Å².